The van der Waals surface area contributed by atoms with Gasteiger partial charge in [0.2, 0.25) is 5.89 Å². The van der Waals surface area contributed by atoms with E-state index < -0.39 is 0 Å². The lowest BCUT2D eigenvalue weighted by molar-refractivity contribution is 0.379. The van der Waals surface area contributed by atoms with Crippen LogP contribution in [0, 0.1) is 18.3 Å². The SMILES string of the molecule is Cc1noc(CNc2c(C#N)nnc3ccccc23)n1. The fraction of sp³-hybridized carbons (Fsp3) is 0.154. The van der Waals surface area contributed by atoms with E-state index in [0.29, 0.717) is 23.9 Å². The molecule has 0 saturated carbocycles. The first-order valence-corrected chi connectivity index (χ1v) is 5.96. The molecule has 1 aromatic carbocycles. The van der Waals surface area contributed by atoms with E-state index in [1.54, 1.807) is 6.92 Å². The maximum absolute atomic E-state index is 9.14. The highest BCUT2D eigenvalue weighted by atomic mass is 16.5. The highest BCUT2D eigenvalue weighted by molar-refractivity contribution is 5.92. The van der Waals surface area contributed by atoms with Crippen LogP contribution in [0.1, 0.15) is 17.4 Å². The van der Waals surface area contributed by atoms with Crippen molar-refractivity contribution in [3.63, 3.8) is 0 Å². The maximum Gasteiger partial charge on any atom is 0.245 e. The van der Waals surface area contributed by atoms with Crippen molar-refractivity contribution in [3.8, 4) is 6.07 Å². The Labute approximate surface area is 114 Å². The number of hydrogen-bond donors (Lipinski definition) is 1. The lowest BCUT2D eigenvalue weighted by Gasteiger charge is -2.08. The molecule has 0 fully saturated rings. The van der Waals surface area contributed by atoms with Crippen LogP contribution in [0.3, 0.4) is 0 Å². The molecule has 0 aliphatic heterocycles. The minimum atomic E-state index is 0.236. The van der Waals surface area contributed by atoms with E-state index in [-0.39, 0.29) is 5.69 Å². The molecule has 0 aliphatic carbocycles. The lowest BCUT2D eigenvalue weighted by Crippen LogP contribution is -2.05. The van der Waals surface area contributed by atoms with Gasteiger partial charge >= 0.3 is 0 Å². The quantitative estimate of drug-likeness (QED) is 0.771. The Bertz CT molecular complexity index is 804. The predicted octanol–water partition coefficient (Wildman–Crippen LogP) is 1.80. The van der Waals surface area contributed by atoms with Crippen LogP contribution < -0.4 is 5.32 Å². The van der Waals surface area contributed by atoms with Crippen LogP contribution in [0.25, 0.3) is 10.9 Å². The largest absolute Gasteiger partial charge is 0.373 e. The summed E-state index contributed by atoms with van der Waals surface area (Å²) in [4.78, 5) is 4.10. The summed E-state index contributed by atoms with van der Waals surface area (Å²) in [6.45, 7) is 2.07. The fourth-order valence-corrected chi connectivity index (χ4v) is 1.89. The lowest BCUT2D eigenvalue weighted by atomic mass is 10.1. The third-order valence-corrected chi connectivity index (χ3v) is 2.76. The summed E-state index contributed by atoms with van der Waals surface area (Å²) in [7, 11) is 0. The van der Waals surface area contributed by atoms with Gasteiger partial charge in [0.25, 0.3) is 0 Å². The zero-order chi connectivity index (χ0) is 13.9. The molecule has 20 heavy (non-hydrogen) atoms. The standard InChI is InChI=1S/C13H10N6O/c1-8-16-12(20-19-8)7-15-13-9-4-2-3-5-10(9)17-18-11(13)6-14/h2-5H,7H2,1H3,(H,15,17). The summed E-state index contributed by atoms with van der Waals surface area (Å²) < 4.78 is 5.03. The Hall–Kier alpha value is -3.01. The van der Waals surface area contributed by atoms with Crippen molar-refractivity contribution in [1.29, 1.82) is 5.26 Å². The second-order valence-corrected chi connectivity index (χ2v) is 4.14. The molecule has 2 aromatic heterocycles. The van der Waals surface area contributed by atoms with Crippen molar-refractivity contribution in [2.24, 2.45) is 0 Å². The molecular formula is C13H10N6O. The Morgan fingerprint density at radius 2 is 2.15 bits per heavy atom. The molecule has 0 amide bonds. The van der Waals surface area contributed by atoms with Gasteiger partial charge in [0, 0.05) is 5.39 Å². The molecule has 7 heteroatoms. The van der Waals surface area contributed by atoms with E-state index in [4.69, 9.17) is 9.78 Å². The van der Waals surface area contributed by atoms with Gasteiger partial charge < -0.3 is 9.84 Å². The average molecular weight is 266 g/mol. The Kier molecular flexibility index (Phi) is 2.97. The van der Waals surface area contributed by atoms with E-state index in [0.717, 1.165) is 10.9 Å². The number of aryl methyl sites for hydroxylation is 1. The minimum Gasteiger partial charge on any atom is -0.373 e. The zero-order valence-corrected chi connectivity index (χ0v) is 10.7. The van der Waals surface area contributed by atoms with Crippen molar-refractivity contribution >= 4 is 16.6 Å². The summed E-state index contributed by atoms with van der Waals surface area (Å²) in [5.74, 6) is 1.02. The van der Waals surface area contributed by atoms with Crippen LogP contribution >= 0.6 is 0 Å². The van der Waals surface area contributed by atoms with Crippen LogP contribution in [-0.2, 0) is 6.54 Å². The number of fused-ring (bicyclic) bond motifs is 1. The number of hydrogen-bond acceptors (Lipinski definition) is 7. The van der Waals surface area contributed by atoms with Gasteiger partial charge in [0.05, 0.1) is 17.7 Å². The van der Waals surface area contributed by atoms with Crippen LogP contribution in [0.15, 0.2) is 28.8 Å². The van der Waals surface area contributed by atoms with Gasteiger partial charge in [-0.1, -0.05) is 23.4 Å². The minimum absolute atomic E-state index is 0.236. The number of nitriles is 1. The van der Waals surface area contributed by atoms with E-state index in [9.17, 15) is 0 Å². The zero-order valence-electron chi connectivity index (χ0n) is 10.7. The molecule has 2 heterocycles. The average Bonchev–Trinajstić information content (AvgIpc) is 2.90. The smallest absolute Gasteiger partial charge is 0.245 e. The van der Waals surface area contributed by atoms with Crippen molar-refractivity contribution in [3.05, 3.63) is 41.7 Å². The van der Waals surface area contributed by atoms with E-state index in [1.165, 1.54) is 0 Å². The second kappa shape index (κ2) is 4.93. The molecule has 0 bridgehead atoms. The van der Waals surface area contributed by atoms with Gasteiger partial charge in [-0.25, -0.2) is 0 Å². The second-order valence-electron chi connectivity index (χ2n) is 4.14. The molecule has 1 N–H and O–H groups in total. The first-order valence-electron chi connectivity index (χ1n) is 5.96. The molecule has 0 saturated heterocycles. The van der Waals surface area contributed by atoms with Crippen LogP contribution in [-0.4, -0.2) is 20.3 Å². The molecule has 3 aromatic rings. The number of benzene rings is 1. The van der Waals surface area contributed by atoms with Gasteiger partial charge in [0.15, 0.2) is 11.5 Å². The number of rotatable bonds is 3. The van der Waals surface area contributed by atoms with Gasteiger partial charge in [-0.05, 0) is 13.0 Å². The molecule has 3 rings (SSSR count). The molecular weight excluding hydrogens is 256 g/mol. The highest BCUT2D eigenvalue weighted by Crippen LogP contribution is 2.24. The summed E-state index contributed by atoms with van der Waals surface area (Å²) in [6, 6.07) is 9.50. The summed E-state index contributed by atoms with van der Waals surface area (Å²) >= 11 is 0. The summed E-state index contributed by atoms with van der Waals surface area (Å²) in [5, 5.41) is 24.7. The Balaban J connectivity index is 1.98. The summed E-state index contributed by atoms with van der Waals surface area (Å²) in [6.07, 6.45) is 0. The van der Waals surface area contributed by atoms with Crippen LogP contribution in [0.4, 0.5) is 5.69 Å². The molecule has 7 nitrogen and oxygen atoms in total. The number of nitrogens with one attached hydrogen (secondary N) is 1. The molecule has 0 unspecified atom stereocenters. The third kappa shape index (κ3) is 2.14. The predicted molar refractivity (Wildman–Crippen MR) is 70.6 cm³/mol. The first-order chi connectivity index (χ1) is 9.78. The van der Waals surface area contributed by atoms with Crippen molar-refractivity contribution in [2.45, 2.75) is 13.5 Å². The van der Waals surface area contributed by atoms with Gasteiger partial charge in [-0.15, -0.1) is 10.2 Å². The summed E-state index contributed by atoms with van der Waals surface area (Å²) in [5.41, 5.74) is 1.57. The molecule has 0 atom stereocenters. The first kappa shape index (κ1) is 12.0. The number of nitrogens with zero attached hydrogens (tertiary/aromatic N) is 5. The Morgan fingerprint density at radius 1 is 1.30 bits per heavy atom. The van der Waals surface area contributed by atoms with E-state index in [2.05, 4.69) is 25.7 Å². The van der Waals surface area contributed by atoms with Crippen LogP contribution in [0.2, 0.25) is 0 Å². The normalized spacial score (nSPS) is 10.4. The number of anilines is 1. The van der Waals surface area contributed by atoms with E-state index >= 15 is 0 Å². The van der Waals surface area contributed by atoms with Crippen molar-refractivity contribution in [1.82, 2.24) is 20.3 Å². The monoisotopic (exact) mass is 266 g/mol. The topological polar surface area (TPSA) is 101 Å². The van der Waals surface area contributed by atoms with Crippen molar-refractivity contribution < 1.29 is 4.52 Å². The van der Waals surface area contributed by atoms with Gasteiger partial charge in [-0.2, -0.15) is 10.2 Å². The Morgan fingerprint density at radius 3 is 2.90 bits per heavy atom. The fourth-order valence-electron chi connectivity index (χ4n) is 1.89. The molecule has 98 valence electrons. The van der Waals surface area contributed by atoms with Gasteiger partial charge in [0.1, 0.15) is 6.07 Å². The number of aromatic nitrogens is 4. The highest BCUT2D eigenvalue weighted by Gasteiger charge is 2.11. The molecule has 0 spiro atoms. The van der Waals surface area contributed by atoms with Crippen molar-refractivity contribution in [2.75, 3.05) is 5.32 Å². The maximum atomic E-state index is 9.14. The van der Waals surface area contributed by atoms with E-state index in [1.807, 2.05) is 30.3 Å². The molecule has 0 aliphatic rings. The van der Waals surface area contributed by atoms with Gasteiger partial charge in [-0.3, -0.25) is 0 Å². The molecule has 0 radical (unpaired) electrons. The third-order valence-electron chi connectivity index (χ3n) is 2.76. The van der Waals surface area contributed by atoms with Crippen LogP contribution in [0.5, 0.6) is 0 Å².